The molecule has 0 fully saturated rings. The van der Waals surface area contributed by atoms with Crippen molar-refractivity contribution in [2.45, 2.75) is 245 Å². The Balaban J connectivity index is 4.42. The molecule has 0 N–H and O–H groups in total. The Hall–Kier alpha value is -3.67. The van der Waals surface area contributed by atoms with E-state index in [2.05, 4.69) is 106 Å². The predicted molar refractivity (Wildman–Crippen MR) is 279 cm³/mol. The van der Waals surface area contributed by atoms with Gasteiger partial charge in [0.05, 0.1) is 0 Å². The van der Waals surface area contributed by atoms with Gasteiger partial charge in [-0.05, 0) is 83.5 Å². The molecule has 0 bridgehead atoms. The molecule has 0 aromatic heterocycles. The zero-order chi connectivity index (χ0) is 47.2. The van der Waals surface area contributed by atoms with Gasteiger partial charge < -0.3 is 14.2 Å². The fourth-order valence-corrected chi connectivity index (χ4v) is 7.15. The van der Waals surface area contributed by atoms with Gasteiger partial charge in [0.15, 0.2) is 6.10 Å². The van der Waals surface area contributed by atoms with Crippen LogP contribution in [0, 0.1) is 0 Å². The maximum absolute atomic E-state index is 12.8. The molecule has 0 radical (unpaired) electrons. The summed E-state index contributed by atoms with van der Waals surface area (Å²) in [6.07, 6.45) is 70.0. The Morgan fingerprint density at radius 1 is 0.323 bits per heavy atom. The molecule has 65 heavy (non-hydrogen) atoms. The van der Waals surface area contributed by atoms with Crippen molar-refractivity contribution in [1.82, 2.24) is 0 Å². The number of hydrogen-bond donors (Lipinski definition) is 0. The van der Waals surface area contributed by atoms with E-state index in [1.165, 1.54) is 103 Å². The monoisotopic (exact) mass is 903 g/mol. The van der Waals surface area contributed by atoms with E-state index in [1.54, 1.807) is 0 Å². The van der Waals surface area contributed by atoms with E-state index in [0.29, 0.717) is 19.3 Å². The summed E-state index contributed by atoms with van der Waals surface area (Å²) >= 11 is 0. The van der Waals surface area contributed by atoms with E-state index in [-0.39, 0.29) is 37.5 Å². The van der Waals surface area contributed by atoms with Gasteiger partial charge in [-0.3, -0.25) is 14.4 Å². The summed E-state index contributed by atoms with van der Waals surface area (Å²) in [5.74, 6) is -1.04. The molecule has 0 aromatic rings. The molecule has 0 spiro atoms. The van der Waals surface area contributed by atoms with Crippen LogP contribution < -0.4 is 0 Å². The standard InChI is InChI=1S/C59H98O6/c1-4-7-10-13-16-19-21-23-25-27-29-31-33-35-37-40-43-46-49-52-58(61)64-55-56(54-63-57(60)51-48-45-42-39-18-15-12-9-6-3)65-59(62)53-50-47-44-41-38-36-34-32-30-28-26-24-22-20-17-14-11-8-5-2/h7,9-10,12,16,18-19,23,25,29,31,35,37,39,43,46,56H,4-6,8,11,13-15,17,20-22,24,26-28,30,32-34,36,38,40-42,44-45,47-55H2,1-3H3/b10-7-,12-9-,19-16-,25-23-,31-29-,37-35-,39-18-,46-43-. The number of rotatable bonds is 47. The quantitative estimate of drug-likeness (QED) is 0.0262. The Bertz CT molecular complexity index is 1310. The number of ether oxygens (including phenoxy) is 3. The van der Waals surface area contributed by atoms with Crippen LogP contribution in [-0.2, 0) is 28.6 Å². The first-order valence-electron chi connectivity index (χ1n) is 26.7. The first-order valence-corrected chi connectivity index (χ1v) is 26.7. The average Bonchev–Trinajstić information content (AvgIpc) is 3.30. The first-order chi connectivity index (χ1) is 32.0. The molecule has 0 saturated carbocycles. The van der Waals surface area contributed by atoms with Gasteiger partial charge in [-0.2, -0.15) is 0 Å². The molecule has 0 amide bonds. The van der Waals surface area contributed by atoms with Gasteiger partial charge in [-0.25, -0.2) is 0 Å². The molecule has 1 atom stereocenters. The van der Waals surface area contributed by atoms with Gasteiger partial charge in [0.2, 0.25) is 0 Å². The van der Waals surface area contributed by atoms with Crippen LogP contribution in [0.25, 0.3) is 0 Å². The Morgan fingerprint density at radius 2 is 0.631 bits per heavy atom. The van der Waals surface area contributed by atoms with Crippen molar-refractivity contribution in [3.63, 3.8) is 0 Å². The Labute approximate surface area is 400 Å². The summed E-state index contributed by atoms with van der Waals surface area (Å²) in [6, 6.07) is 0. The number of hydrogen-bond acceptors (Lipinski definition) is 6. The molecule has 6 heteroatoms. The van der Waals surface area contributed by atoms with Crippen LogP contribution in [0.1, 0.15) is 239 Å². The van der Waals surface area contributed by atoms with Crippen molar-refractivity contribution in [2.75, 3.05) is 13.2 Å². The summed E-state index contributed by atoms with van der Waals surface area (Å²) in [7, 11) is 0. The maximum atomic E-state index is 12.8. The largest absolute Gasteiger partial charge is 0.462 e. The zero-order valence-electron chi connectivity index (χ0n) is 42.2. The van der Waals surface area contributed by atoms with Crippen molar-refractivity contribution in [2.24, 2.45) is 0 Å². The highest BCUT2D eigenvalue weighted by Gasteiger charge is 2.19. The number of esters is 3. The second-order valence-corrected chi connectivity index (χ2v) is 17.4. The van der Waals surface area contributed by atoms with Crippen molar-refractivity contribution >= 4 is 17.9 Å². The number of allylic oxidation sites excluding steroid dienone is 16. The molecule has 0 heterocycles. The topological polar surface area (TPSA) is 78.9 Å². The van der Waals surface area contributed by atoms with Crippen LogP contribution in [0.15, 0.2) is 97.2 Å². The molecule has 0 aliphatic carbocycles. The smallest absolute Gasteiger partial charge is 0.306 e. The summed E-state index contributed by atoms with van der Waals surface area (Å²) in [4.78, 5) is 37.9. The van der Waals surface area contributed by atoms with Gasteiger partial charge in [0.25, 0.3) is 0 Å². The summed E-state index contributed by atoms with van der Waals surface area (Å²) in [5, 5.41) is 0. The van der Waals surface area contributed by atoms with Crippen molar-refractivity contribution in [1.29, 1.82) is 0 Å². The van der Waals surface area contributed by atoms with Gasteiger partial charge >= 0.3 is 17.9 Å². The van der Waals surface area contributed by atoms with E-state index in [9.17, 15) is 14.4 Å². The third-order valence-electron chi connectivity index (χ3n) is 11.1. The molecule has 0 saturated heterocycles. The minimum Gasteiger partial charge on any atom is -0.462 e. The van der Waals surface area contributed by atoms with Crippen molar-refractivity contribution < 1.29 is 28.6 Å². The van der Waals surface area contributed by atoms with E-state index in [4.69, 9.17) is 14.2 Å². The van der Waals surface area contributed by atoms with E-state index in [1.807, 2.05) is 12.2 Å². The van der Waals surface area contributed by atoms with Gasteiger partial charge in [0.1, 0.15) is 13.2 Å². The highest BCUT2D eigenvalue weighted by Crippen LogP contribution is 2.15. The molecular weight excluding hydrogens is 805 g/mol. The van der Waals surface area contributed by atoms with E-state index >= 15 is 0 Å². The van der Waals surface area contributed by atoms with Crippen molar-refractivity contribution in [3.8, 4) is 0 Å². The van der Waals surface area contributed by atoms with Crippen LogP contribution in [0.2, 0.25) is 0 Å². The molecule has 0 aromatic carbocycles. The lowest BCUT2D eigenvalue weighted by molar-refractivity contribution is -0.166. The van der Waals surface area contributed by atoms with E-state index in [0.717, 1.165) is 89.9 Å². The molecule has 1 unspecified atom stereocenters. The van der Waals surface area contributed by atoms with Crippen LogP contribution in [0.3, 0.4) is 0 Å². The van der Waals surface area contributed by atoms with Crippen LogP contribution in [0.5, 0.6) is 0 Å². The zero-order valence-corrected chi connectivity index (χ0v) is 42.2. The molecular formula is C59H98O6. The van der Waals surface area contributed by atoms with Crippen LogP contribution in [0.4, 0.5) is 0 Å². The summed E-state index contributed by atoms with van der Waals surface area (Å²) in [5.41, 5.74) is 0. The molecule has 370 valence electrons. The highest BCUT2D eigenvalue weighted by molar-refractivity contribution is 5.71. The Kier molecular flexibility index (Phi) is 50.0. The molecule has 6 nitrogen and oxygen atoms in total. The number of unbranched alkanes of at least 4 members (excludes halogenated alkanes) is 20. The average molecular weight is 903 g/mol. The molecule has 0 aliphatic heterocycles. The molecule has 0 rings (SSSR count). The predicted octanol–water partition coefficient (Wildman–Crippen LogP) is 17.8. The fraction of sp³-hybridized carbons (Fsp3) is 0.678. The lowest BCUT2D eigenvalue weighted by Crippen LogP contribution is -2.30. The summed E-state index contributed by atoms with van der Waals surface area (Å²) in [6.45, 7) is 6.31. The summed E-state index contributed by atoms with van der Waals surface area (Å²) < 4.78 is 16.7. The molecule has 0 aliphatic rings. The Morgan fingerprint density at radius 3 is 1.03 bits per heavy atom. The number of carbonyl (C=O) groups excluding carboxylic acids is 3. The minimum atomic E-state index is -0.819. The lowest BCUT2D eigenvalue weighted by Gasteiger charge is -2.18. The second-order valence-electron chi connectivity index (χ2n) is 17.4. The van der Waals surface area contributed by atoms with Gasteiger partial charge in [-0.1, -0.05) is 234 Å². The number of carbonyl (C=O) groups is 3. The lowest BCUT2D eigenvalue weighted by atomic mass is 10.0. The van der Waals surface area contributed by atoms with Crippen molar-refractivity contribution in [3.05, 3.63) is 97.2 Å². The van der Waals surface area contributed by atoms with E-state index < -0.39 is 6.10 Å². The normalized spacial score (nSPS) is 12.8. The van der Waals surface area contributed by atoms with Crippen LogP contribution >= 0.6 is 0 Å². The fourth-order valence-electron chi connectivity index (χ4n) is 7.15. The van der Waals surface area contributed by atoms with Gasteiger partial charge in [0, 0.05) is 19.3 Å². The first kappa shape index (κ1) is 61.3. The minimum absolute atomic E-state index is 0.117. The third-order valence-corrected chi connectivity index (χ3v) is 11.1. The maximum Gasteiger partial charge on any atom is 0.306 e. The van der Waals surface area contributed by atoms with Crippen LogP contribution in [-0.4, -0.2) is 37.2 Å². The SMILES string of the molecule is CC/C=C\C/C=C\C/C=C\C/C=C\C/C=C\C/C=C\CCC(=O)OCC(COC(=O)CCCC/C=C\C/C=C\CC)OC(=O)CCCCCCCCCCCCCCCCCCCCC. The highest BCUT2D eigenvalue weighted by atomic mass is 16.6. The van der Waals surface area contributed by atoms with Gasteiger partial charge in [-0.15, -0.1) is 0 Å². The third kappa shape index (κ3) is 51.2. The second kappa shape index (κ2) is 52.9.